The van der Waals surface area contributed by atoms with Crippen LogP contribution in [0.1, 0.15) is 16.0 Å². The topological polar surface area (TPSA) is 72.2 Å². The molecule has 0 aliphatic heterocycles. The van der Waals surface area contributed by atoms with Crippen molar-refractivity contribution in [3.8, 4) is 0 Å². The maximum Gasteiger partial charge on any atom is 0.241 e. The smallest absolute Gasteiger partial charge is 0.241 e. The van der Waals surface area contributed by atoms with E-state index in [-0.39, 0.29) is 11.4 Å². The summed E-state index contributed by atoms with van der Waals surface area (Å²) in [5.41, 5.74) is 7.15. The maximum atomic E-state index is 12.3. The third-order valence-electron chi connectivity index (χ3n) is 2.97. The van der Waals surface area contributed by atoms with E-state index in [0.717, 1.165) is 14.2 Å². The lowest BCUT2D eigenvalue weighted by Crippen LogP contribution is -2.24. The summed E-state index contributed by atoms with van der Waals surface area (Å²) in [7, 11) is -3.53. The Bertz CT molecular complexity index is 711. The molecule has 0 fully saturated rings. The fourth-order valence-corrected chi connectivity index (χ4v) is 4.67. The highest BCUT2D eigenvalue weighted by Crippen LogP contribution is 2.23. The first-order chi connectivity index (χ1) is 9.44. The summed E-state index contributed by atoms with van der Waals surface area (Å²) in [5, 5.41) is 0. The van der Waals surface area contributed by atoms with Crippen LogP contribution in [0.15, 0.2) is 39.0 Å². The van der Waals surface area contributed by atoms with Crippen LogP contribution in [0, 0.1) is 6.92 Å². The van der Waals surface area contributed by atoms with Crippen LogP contribution in [0.5, 0.6) is 0 Å². The average Bonchev–Trinajstić information content (AvgIpc) is 2.82. The molecule has 0 amide bonds. The molecule has 1 aromatic carbocycles. The van der Waals surface area contributed by atoms with Gasteiger partial charge in [-0.1, -0.05) is 12.1 Å². The zero-order chi connectivity index (χ0) is 14.8. The SMILES string of the molecule is Cc1c(CN)cccc1S(=O)(=O)NCc1ccc(Br)s1. The largest absolute Gasteiger partial charge is 0.326 e. The Morgan fingerprint density at radius 1 is 1.30 bits per heavy atom. The second-order valence-corrected chi connectivity index (χ2v) is 8.56. The summed E-state index contributed by atoms with van der Waals surface area (Å²) in [4.78, 5) is 1.24. The summed E-state index contributed by atoms with van der Waals surface area (Å²) >= 11 is 4.86. The highest BCUT2D eigenvalue weighted by atomic mass is 79.9. The number of sulfonamides is 1. The molecule has 0 aliphatic rings. The molecule has 7 heteroatoms. The van der Waals surface area contributed by atoms with Crippen molar-refractivity contribution in [1.29, 1.82) is 0 Å². The summed E-state index contributed by atoms with van der Waals surface area (Å²) in [6.45, 7) is 2.39. The van der Waals surface area contributed by atoms with Crippen LogP contribution >= 0.6 is 27.3 Å². The number of nitrogens with one attached hydrogen (secondary N) is 1. The Morgan fingerprint density at radius 3 is 2.65 bits per heavy atom. The van der Waals surface area contributed by atoms with Gasteiger partial charge in [0.1, 0.15) is 0 Å². The average molecular weight is 375 g/mol. The predicted octanol–water partition coefficient (Wildman–Crippen LogP) is 2.76. The van der Waals surface area contributed by atoms with Gasteiger partial charge in [0.25, 0.3) is 0 Å². The van der Waals surface area contributed by atoms with Crippen LogP contribution in [0.25, 0.3) is 0 Å². The number of thiophene rings is 1. The first-order valence-electron chi connectivity index (χ1n) is 5.96. The molecule has 4 nitrogen and oxygen atoms in total. The lowest BCUT2D eigenvalue weighted by molar-refractivity contribution is 0.581. The van der Waals surface area contributed by atoms with Crippen molar-refractivity contribution >= 4 is 37.3 Å². The van der Waals surface area contributed by atoms with E-state index < -0.39 is 10.0 Å². The maximum absolute atomic E-state index is 12.3. The van der Waals surface area contributed by atoms with Crippen LogP contribution < -0.4 is 10.5 Å². The molecule has 3 N–H and O–H groups in total. The van der Waals surface area contributed by atoms with Crippen LogP contribution in [0.3, 0.4) is 0 Å². The van der Waals surface area contributed by atoms with Crippen molar-refractivity contribution in [2.75, 3.05) is 0 Å². The van der Waals surface area contributed by atoms with Crippen molar-refractivity contribution in [2.45, 2.75) is 24.9 Å². The van der Waals surface area contributed by atoms with Gasteiger partial charge >= 0.3 is 0 Å². The van der Waals surface area contributed by atoms with Crippen molar-refractivity contribution in [2.24, 2.45) is 5.73 Å². The zero-order valence-corrected chi connectivity index (χ0v) is 14.1. The van der Waals surface area contributed by atoms with Gasteiger partial charge in [-0.25, -0.2) is 13.1 Å². The fourth-order valence-electron chi connectivity index (χ4n) is 1.86. The number of nitrogens with two attached hydrogens (primary N) is 1. The molecule has 0 aliphatic carbocycles. The van der Waals surface area contributed by atoms with Gasteiger partial charge in [0, 0.05) is 18.0 Å². The number of hydrogen-bond donors (Lipinski definition) is 2. The van der Waals surface area contributed by atoms with E-state index in [2.05, 4.69) is 20.7 Å². The van der Waals surface area contributed by atoms with Crippen molar-refractivity contribution in [1.82, 2.24) is 4.72 Å². The minimum Gasteiger partial charge on any atom is -0.326 e. The molecule has 0 bridgehead atoms. The first-order valence-corrected chi connectivity index (χ1v) is 9.06. The third kappa shape index (κ3) is 3.48. The quantitative estimate of drug-likeness (QED) is 0.844. The van der Waals surface area contributed by atoms with Gasteiger partial charge < -0.3 is 5.73 Å². The number of halogens is 1. The zero-order valence-electron chi connectivity index (χ0n) is 10.9. The monoisotopic (exact) mass is 374 g/mol. The van der Waals surface area contributed by atoms with Crippen molar-refractivity contribution < 1.29 is 8.42 Å². The molecule has 0 saturated heterocycles. The lowest BCUT2D eigenvalue weighted by atomic mass is 10.1. The van der Waals surface area contributed by atoms with Gasteiger partial charge in [0.2, 0.25) is 10.0 Å². The van der Waals surface area contributed by atoms with Gasteiger partial charge in [-0.3, -0.25) is 0 Å². The molecule has 108 valence electrons. The molecular formula is C13H15BrN2O2S2. The third-order valence-corrected chi connectivity index (χ3v) is 6.14. The highest BCUT2D eigenvalue weighted by Gasteiger charge is 2.18. The molecule has 0 atom stereocenters. The van der Waals surface area contributed by atoms with Crippen LogP contribution in [-0.4, -0.2) is 8.42 Å². The molecule has 1 aromatic heterocycles. The van der Waals surface area contributed by atoms with Crippen LogP contribution in [0.4, 0.5) is 0 Å². The Balaban J connectivity index is 2.22. The second kappa shape index (κ2) is 6.36. The Hall–Kier alpha value is -0.730. The molecule has 0 spiro atoms. The van der Waals surface area contributed by atoms with Crippen molar-refractivity contribution in [3.05, 3.63) is 50.1 Å². The lowest BCUT2D eigenvalue weighted by Gasteiger charge is -2.11. The standard InChI is InChI=1S/C13H15BrN2O2S2/c1-9-10(7-15)3-2-4-12(9)20(17,18)16-8-11-5-6-13(14)19-11/h2-6,16H,7-8,15H2,1H3. The molecule has 0 radical (unpaired) electrons. The van der Waals surface area contributed by atoms with Gasteiger partial charge in [-0.05, 0) is 52.2 Å². The number of hydrogen-bond acceptors (Lipinski definition) is 4. The van der Waals surface area contributed by atoms with Crippen LogP contribution in [0.2, 0.25) is 0 Å². The van der Waals surface area contributed by atoms with Gasteiger partial charge in [0.05, 0.1) is 8.68 Å². The molecule has 1 heterocycles. The van der Waals surface area contributed by atoms with Crippen LogP contribution in [-0.2, 0) is 23.1 Å². The Labute approximate surface area is 131 Å². The first kappa shape index (κ1) is 15.7. The summed E-state index contributed by atoms with van der Waals surface area (Å²) < 4.78 is 28.3. The number of rotatable bonds is 5. The van der Waals surface area contributed by atoms with Gasteiger partial charge in [-0.15, -0.1) is 11.3 Å². The Morgan fingerprint density at radius 2 is 2.05 bits per heavy atom. The highest BCUT2D eigenvalue weighted by molar-refractivity contribution is 9.11. The summed E-state index contributed by atoms with van der Waals surface area (Å²) in [6, 6.07) is 8.94. The van der Waals surface area contributed by atoms with E-state index in [1.807, 2.05) is 18.2 Å². The van der Waals surface area contributed by atoms with E-state index in [1.165, 1.54) is 11.3 Å². The van der Waals surface area contributed by atoms with Crippen molar-refractivity contribution in [3.63, 3.8) is 0 Å². The molecule has 0 saturated carbocycles. The van der Waals surface area contributed by atoms with E-state index in [1.54, 1.807) is 19.1 Å². The summed E-state index contributed by atoms with van der Waals surface area (Å²) in [6.07, 6.45) is 0. The minimum absolute atomic E-state index is 0.283. The molecule has 2 aromatic rings. The minimum atomic E-state index is -3.53. The fraction of sp³-hybridized carbons (Fsp3) is 0.231. The van der Waals surface area contributed by atoms with E-state index >= 15 is 0 Å². The predicted molar refractivity (Wildman–Crippen MR) is 85.1 cm³/mol. The summed E-state index contributed by atoms with van der Waals surface area (Å²) in [5.74, 6) is 0. The van der Waals surface area contributed by atoms with Gasteiger partial charge in [0.15, 0.2) is 0 Å². The Kier molecular flexibility index (Phi) is 4.98. The molecule has 0 unspecified atom stereocenters. The van der Waals surface area contributed by atoms with E-state index in [0.29, 0.717) is 12.1 Å². The molecule has 20 heavy (non-hydrogen) atoms. The molecule has 2 rings (SSSR count). The normalized spacial score (nSPS) is 11.8. The van der Waals surface area contributed by atoms with Gasteiger partial charge in [-0.2, -0.15) is 0 Å². The van der Waals surface area contributed by atoms with E-state index in [9.17, 15) is 8.42 Å². The molecular weight excluding hydrogens is 360 g/mol. The van der Waals surface area contributed by atoms with E-state index in [4.69, 9.17) is 5.73 Å². The number of benzene rings is 1. The second-order valence-electron chi connectivity index (χ2n) is 4.27.